The number of amides is 1. The van der Waals surface area contributed by atoms with Gasteiger partial charge in [0.15, 0.2) is 0 Å². The van der Waals surface area contributed by atoms with Gasteiger partial charge < -0.3 is 5.32 Å². The van der Waals surface area contributed by atoms with Crippen molar-refractivity contribution in [2.24, 2.45) is 0 Å². The van der Waals surface area contributed by atoms with Crippen molar-refractivity contribution in [3.05, 3.63) is 101 Å². The fraction of sp³-hybridized carbons (Fsp3) is 0.0741. The summed E-state index contributed by atoms with van der Waals surface area (Å²) >= 11 is 13.3. The van der Waals surface area contributed by atoms with E-state index in [2.05, 4.69) is 11.4 Å². The van der Waals surface area contributed by atoms with E-state index in [0.29, 0.717) is 32.1 Å². The number of halogens is 2. The summed E-state index contributed by atoms with van der Waals surface area (Å²) < 4.78 is 0. The summed E-state index contributed by atoms with van der Waals surface area (Å²) in [6, 6.07) is 28.8. The Kier molecular flexibility index (Phi) is 7.87. The number of thioether (sulfide) groups is 1. The highest BCUT2D eigenvalue weighted by Crippen LogP contribution is 2.34. The zero-order valence-electron chi connectivity index (χ0n) is 18.0. The summed E-state index contributed by atoms with van der Waals surface area (Å²) in [5.41, 5.74) is 4.58. The van der Waals surface area contributed by atoms with Gasteiger partial charge >= 0.3 is 0 Å². The maximum atomic E-state index is 12.4. The minimum absolute atomic E-state index is 0.160. The quantitative estimate of drug-likeness (QED) is 0.262. The average Bonchev–Trinajstić information content (AvgIpc) is 2.87. The summed E-state index contributed by atoms with van der Waals surface area (Å²) in [5.74, 6) is 0.299. The normalized spacial score (nSPS) is 10.5. The minimum atomic E-state index is -0.160. The lowest BCUT2D eigenvalue weighted by Gasteiger charge is -2.13. The zero-order chi connectivity index (χ0) is 23.9. The number of carbonyl (C=O) groups is 1. The molecule has 4 rings (SSSR count). The molecule has 34 heavy (non-hydrogen) atoms. The summed E-state index contributed by atoms with van der Waals surface area (Å²) in [4.78, 5) is 17.2. The molecule has 1 aromatic heterocycles. The zero-order valence-corrected chi connectivity index (χ0v) is 20.3. The summed E-state index contributed by atoms with van der Waals surface area (Å²) in [6.45, 7) is 0. The number of hydrogen-bond acceptors (Lipinski definition) is 4. The van der Waals surface area contributed by atoms with E-state index in [-0.39, 0.29) is 12.3 Å². The minimum Gasteiger partial charge on any atom is -0.326 e. The van der Waals surface area contributed by atoms with Crippen molar-refractivity contribution in [2.45, 2.75) is 11.4 Å². The molecule has 0 atom stereocenters. The summed E-state index contributed by atoms with van der Waals surface area (Å²) in [6.07, 6.45) is 0.244. The molecule has 1 heterocycles. The van der Waals surface area contributed by atoms with Gasteiger partial charge in [-0.1, -0.05) is 83.9 Å². The number of hydrogen-bond donors (Lipinski definition) is 1. The molecule has 0 radical (unpaired) electrons. The maximum absolute atomic E-state index is 12.4. The van der Waals surface area contributed by atoms with Crippen LogP contribution in [-0.4, -0.2) is 16.6 Å². The standard InChI is InChI=1S/C27H19Cl2N3OS/c28-23-12-11-20(15-24(23)29)31-26(33)13-14-34-27-22(17-30)21(18-7-3-1-4-8-18)16-25(32-27)19-9-5-2-6-10-19/h1-12,15-16H,13-14H2,(H,31,33). The maximum Gasteiger partial charge on any atom is 0.225 e. The first-order valence-corrected chi connectivity index (χ1v) is 12.2. The SMILES string of the molecule is N#Cc1c(-c2ccccc2)cc(-c2ccccc2)nc1SCCC(=O)Nc1ccc(Cl)c(Cl)c1. The first-order chi connectivity index (χ1) is 16.5. The highest BCUT2D eigenvalue weighted by atomic mass is 35.5. The van der Waals surface area contributed by atoms with E-state index in [1.165, 1.54) is 11.8 Å². The van der Waals surface area contributed by atoms with Crippen molar-refractivity contribution in [1.29, 1.82) is 5.26 Å². The molecule has 0 saturated heterocycles. The van der Waals surface area contributed by atoms with Crippen molar-refractivity contribution < 1.29 is 4.79 Å². The van der Waals surface area contributed by atoms with Crippen LogP contribution in [0.5, 0.6) is 0 Å². The van der Waals surface area contributed by atoms with Gasteiger partial charge in [-0.25, -0.2) is 4.98 Å². The van der Waals surface area contributed by atoms with Gasteiger partial charge in [-0.05, 0) is 29.8 Å². The van der Waals surface area contributed by atoms with Crippen LogP contribution in [0, 0.1) is 11.3 Å². The number of carbonyl (C=O) groups excluding carboxylic acids is 1. The van der Waals surface area contributed by atoms with Gasteiger partial charge in [0.05, 0.1) is 21.3 Å². The van der Waals surface area contributed by atoms with E-state index >= 15 is 0 Å². The molecular weight excluding hydrogens is 485 g/mol. The van der Waals surface area contributed by atoms with Gasteiger partial charge in [-0.15, -0.1) is 11.8 Å². The lowest BCUT2D eigenvalue weighted by Crippen LogP contribution is -2.12. The molecule has 0 fully saturated rings. The van der Waals surface area contributed by atoms with Crippen LogP contribution < -0.4 is 5.32 Å². The monoisotopic (exact) mass is 503 g/mol. The molecule has 0 spiro atoms. The largest absolute Gasteiger partial charge is 0.326 e. The number of rotatable bonds is 7. The smallest absolute Gasteiger partial charge is 0.225 e. The average molecular weight is 504 g/mol. The molecule has 7 heteroatoms. The third-order valence-corrected chi connectivity index (χ3v) is 6.74. The summed E-state index contributed by atoms with van der Waals surface area (Å²) in [7, 11) is 0. The van der Waals surface area contributed by atoms with E-state index in [9.17, 15) is 10.1 Å². The molecule has 3 aromatic carbocycles. The van der Waals surface area contributed by atoms with Crippen molar-refractivity contribution in [3.63, 3.8) is 0 Å². The molecule has 4 nitrogen and oxygen atoms in total. The Bertz CT molecular complexity index is 1360. The lowest BCUT2D eigenvalue weighted by atomic mass is 9.99. The second kappa shape index (κ2) is 11.2. The fourth-order valence-corrected chi connectivity index (χ4v) is 4.62. The lowest BCUT2D eigenvalue weighted by molar-refractivity contribution is -0.115. The Hall–Kier alpha value is -3.30. The van der Waals surface area contributed by atoms with Gasteiger partial charge in [0.25, 0.3) is 0 Å². The Labute approximate surface area is 212 Å². The highest BCUT2D eigenvalue weighted by molar-refractivity contribution is 7.99. The number of pyridine rings is 1. The van der Waals surface area contributed by atoms with Crippen molar-refractivity contribution in [1.82, 2.24) is 4.98 Å². The van der Waals surface area contributed by atoms with E-state index in [1.54, 1.807) is 18.2 Å². The van der Waals surface area contributed by atoms with Crippen LogP contribution in [0.25, 0.3) is 22.4 Å². The molecule has 0 aliphatic carbocycles. The Balaban J connectivity index is 1.57. The van der Waals surface area contributed by atoms with Crippen LogP contribution in [0.1, 0.15) is 12.0 Å². The molecule has 4 aromatic rings. The third-order valence-electron chi connectivity index (χ3n) is 5.02. The van der Waals surface area contributed by atoms with Crippen molar-refractivity contribution in [3.8, 4) is 28.5 Å². The van der Waals surface area contributed by atoms with Crippen LogP contribution in [0.2, 0.25) is 10.0 Å². The number of nitrogens with zero attached hydrogens (tertiary/aromatic N) is 2. The molecule has 0 bridgehead atoms. The molecule has 168 valence electrons. The molecular formula is C27H19Cl2N3OS. The van der Waals surface area contributed by atoms with E-state index in [1.807, 2.05) is 66.7 Å². The van der Waals surface area contributed by atoms with Crippen LogP contribution in [0.3, 0.4) is 0 Å². The van der Waals surface area contributed by atoms with Crippen LogP contribution in [0.15, 0.2) is 90.0 Å². The van der Waals surface area contributed by atoms with Gasteiger partial charge in [-0.2, -0.15) is 5.26 Å². The fourth-order valence-electron chi connectivity index (χ4n) is 3.37. The second-order valence-electron chi connectivity index (χ2n) is 7.35. The number of anilines is 1. The van der Waals surface area contributed by atoms with E-state index in [0.717, 1.165) is 22.4 Å². The van der Waals surface area contributed by atoms with Gasteiger partial charge in [0, 0.05) is 29.0 Å². The summed E-state index contributed by atoms with van der Waals surface area (Å²) in [5, 5.41) is 14.2. The first-order valence-electron chi connectivity index (χ1n) is 10.5. The van der Waals surface area contributed by atoms with E-state index < -0.39 is 0 Å². The number of nitriles is 1. The van der Waals surface area contributed by atoms with Gasteiger partial charge in [-0.3, -0.25) is 4.79 Å². The topological polar surface area (TPSA) is 65.8 Å². The Morgan fingerprint density at radius 3 is 2.24 bits per heavy atom. The van der Waals surface area contributed by atoms with E-state index in [4.69, 9.17) is 28.2 Å². The first kappa shape index (κ1) is 23.8. The van der Waals surface area contributed by atoms with Gasteiger partial charge in [0.2, 0.25) is 5.91 Å². The van der Waals surface area contributed by atoms with Gasteiger partial charge in [0.1, 0.15) is 11.1 Å². The molecule has 1 N–H and O–H groups in total. The van der Waals surface area contributed by atoms with Crippen molar-refractivity contribution in [2.75, 3.05) is 11.1 Å². The molecule has 0 aliphatic heterocycles. The number of aromatic nitrogens is 1. The highest BCUT2D eigenvalue weighted by Gasteiger charge is 2.16. The second-order valence-corrected chi connectivity index (χ2v) is 9.25. The third kappa shape index (κ3) is 5.78. The predicted molar refractivity (Wildman–Crippen MR) is 140 cm³/mol. The number of nitrogens with one attached hydrogen (secondary N) is 1. The number of benzene rings is 3. The molecule has 0 aliphatic rings. The Morgan fingerprint density at radius 1 is 0.912 bits per heavy atom. The predicted octanol–water partition coefficient (Wildman–Crippen LogP) is 7.71. The van der Waals surface area contributed by atoms with Crippen LogP contribution in [0.4, 0.5) is 5.69 Å². The van der Waals surface area contributed by atoms with Crippen molar-refractivity contribution >= 4 is 46.6 Å². The van der Waals surface area contributed by atoms with Crippen LogP contribution in [-0.2, 0) is 4.79 Å². The molecule has 0 unspecified atom stereocenters. The Morgan fingerprint density at radius 2 is 1.59 bits per heavy atom. The molecule has 1 amide bonds. The van der Waals surface area contributed by atoms with Crippen LogP contribution >= 0.6 is 35.0 Å². The molecule has 0 saturated carbocycles.